The zero-order valence-corrected chi connectivity index (χ0v) is 18.0. The van der Waals surface area contributed by atoms with E-state index < -0.39 is 11.6 Å². The molecule has 1 spiro atoms. The maximum atomic E-state index is 12.5. The summed E-state index contributed by atoms with van der Waals surface area (Å²) in [6.07, 6.45) is 2.76. The molecule has 1 aliphatic heterocycles. The minimum atomic E-state index is -0.933. The summed E-state index contributed by atoms with van der Waals surface area (Å²) in [4.78, 5) is 37.8. The summed E-state index contributed by atoms with van der Waals surface area (Å²) in [7, 11) is 0. The van der Waals surface area contributed by atoms with Crippen LogP contribution in [0.3, 0.4) is 0 Å². The molecule has 3 N–H and O–H groups in total. The first-order chi connectivity index (χ1) is 14.3. The fraction of sp³-hybridized carbons (Fsp3) is 0.550. The topological polar surface area (TPSA) is 108 Å². The molecule has 1 saturated carbocycles. The number of amides is 4. The Labute approximate surface area is 184 Å². The second kappa shape index (κ2) is 9.85. The number of hydrogen-bond acceptors (Lipinski definition) is 5. The molecule has 4 amide bonds. The molecule has 2 aliphatic rings. The zero-order chi connectivity index (χ0) is 21.7. The SMILES string of the molecule is O=C(CCCN1C(=O)NC2(CCCC2)C1=O)NCC(O)COc1cccc(Cl)c1Cl. The number of urea groups is 1. The van der Waals surface area contributed by atoms with Gasteiger partial charge in [0.2, 0.25) is 5.91 Å². The second-order valence-electron chi connectivity index (χ2n) is 7.60. The Hall–Kier alpha value is -2.03. The van der Waals surface area contributed by atoms with Crippen LogP contribution in [-0.2, 0) is 9.59 Å². The number of carbonyl (C=O) groups excluding carboxylic acids is 3. The minimum absolute atomic E-state index is 0.00323. The summed E-state index contributed by atoms with van der Waals surface area (Å²) in [5, 5.41) is 16.0. The van der Waals surface area contributed by atoms with Crippen molar-refractivity contribution in [3.8, 4) is 5.75 Å². The van der Waals surface area contributed by atoms with Crippen LogP contribution < -0.4 is 15.4 Å². The smallest absolute Gasteiger partial charge is 0.325 e. The van der Waals surface area contributed by atoms with E-state index in [0.717, 1.165) is 12.8 Å². The van der Waals surface area contributed by atoms with Crippen molar-refractivity contribution >= 4 is 41.0 Å². The molecule has 8 nitrogen and oxygen atoms in total. The standard InChI is InChI=1S/C20H25Cl2N3O5/c21-14-5-3-6-15(17(14)22)30-12-13(26)11-23-16(27)7-4-10-25-18(28)20(24-19(25)29)8-1-2-9-20/h3,5-6,13,26H,1-2,4,7-12H2,(H,23,27)(H,24,29). The molecule has 1 aromatic rings. The van der Waals surface area contributed by atoms with Crippen molar-refractivity contribution in [3.05, 3.63) is 28.2 Å². The van der Waals surface area contributed by atoms with E-state index in [1.54, 1.807) is 18.2 Å². The van der Waals surface area contributed by atoms with Crippen molar-refractivity contribution < 1.29 is 24.2 Å². The van der Waals surface area contributed by atoms with Gasteiger partial charge in [-0.15, -0.1) is 0 Å². The lowest BCUT2D eigenvalue weighted by Gasteiger charge is -2.20. The molecule has 2 fully saturated rings. The van der Waals surface area contributed by atoms with Crippen LogP contribution in [0.2, 0.25) is 10.0 Å². The molecule has 0 radical (unpaired) electrons. The third-order valence-corrected chi connectivity index (χ3v) is 6.17. The van der Waals surface area contributed by atoms with Gasteiger partial charge >= 0.3 is 6.03 Å². The van der Waals surface area contributed by atoms with Crippen molar-refractivity contribution in [2.45, 2.75) is 50.2 Å². The van der Waals surface area contributed by atoms with E-state index in [-0.39, 0.29) is 49.0 Å². The summed E-state index contributed by atoms with van der Waals surface area (Å²) in [6.45, 7) is 0.132. The van der Waals surface area contributed by atoms with E-state index >= 15 is 0 Å². The number of ether oxygens (including phenoxy) is 1. The average molecular weight is 458 g/mol. The first kappa shape index (κ1) is 22.7. The highest BCUT2D eigenvalue weighted by Gasteiger charge is 2.52. The van der Waals surface area contributed by atoms with Gasteiger partial charge in [0, 0.05) is 19.5 Å². The van der Waals surface area contributed by atoms with Crippen LogP contribution in [0.5, 0.6) is 5.75 Å². The normalized spacial score (nSPS) is 18.6. The number of imide groups is 1. The molecule has 1 unspecified atom stereocenters. The molecule has 0 bridgehead atoms. The third-order valence-electron chi connectivity index (χ3n) is 5.37. The molecule has 164 valence electrons. The number of nitrogens with one attached hydrogen (secondary N) is 2. The van der Waals surface area contributed by atoms with E-state index in [0.29, 0.717) is 30.0 Å². The maximum absolute atomic E-state index is 12.5. The van der Waals surface area contributed by atoms with Crippen LogP contribution in [0.1, 0.15) is 38.5 Å². The first-order valence-corrected chi connectivity index (χ1v) is 10.7. The number of benzene rings is 1. The highest BCUT2D eigenvalue weighted by Crippen LogP contribution is 2.35. The van der Waals surface area contributed by atoms with Crippen molar-refractivity contribution in [3.63, 3.8) is 0 Å². The summed E-state index contributed by atoms with van der Waals surface area (Å²) in [5.41, 5.74) is -0.727. The molecule has 10 heteroatoms. The lowest BCUT2D eigenvalue weighted by atomic mass is 9.98. The maximum Gasteiger partial charge on any atom is 0.325 e. The quantitative estimate of drug-likeness (QED) is 0.493. The molecule has 1 aliphatic carbocycles. The largest absolute Gasteiger partial charge is 0.489 e. The van der Waals surface area contributed by atoms with E-state index in [9.17, 15) is 19.5 Å². The van der Waals surface area contributed by atoms with Gasteiger partial charge in [0.1, 0.15) is 29.0 Å². The molecule has 1 aromatic carbocycles. The van der Waals surface area contributed by atoms with E-state index in [2.05, 4.69) is 10.6 Å². The Morgan fingerprint density at radius 2 is 2.03 bits per heavy atom. The minimum Gasteiger partial charge on any atom is -0.489 e. The molecule has 1 saturated heterocycles. The fourth-order valence-corrected chi connectivity index (χ4v) is 4.10. The molecule has 3 rings (SSSR count). The van der Waals surface area contributed by atoms with E-state index in [1.165, 1.54) is 4.90 Å². The lowest BCUT2D eigenvalue weighted by molar-refractivity contribution is -0.131. The van der Waals surface area contributed by atoms with Crippen LogP contribution in [-0.4, -0.2) is 59.2 Å². The molecule has 0 aromatic heterocycles. The van der Waals surface area contributed by atoms with Crippen LogP contribution >= 0.6 is 23.2 Å². The predicted molar refractivity (Wildman–Crippen MR) is 112 cm³/mol. The number of rotatable bonds is 9. The number of aliphatic hydroxyl groups is 1. The molecular weight excluding hydrogens is 433 g/mol. The van der Waals surface area contributed by atoms with Crippen molar-refractivity contribution in [1.29, 1.82) is 0 Å². The Morgan fingerprint density at radius 3 is 2.77 bits per heavy atom. The lowest BCUT2D eigenvalue weighted by Crippen LogP contribution is -2.44. The summed E-state index contributed by atoms with van der Waals surface area (Å²) < 4.78 is 5.42. The molecule has 1 atom stereocenters. The third kappa shape index (κ3) is 5.17. The Balaban J connectivity index is 1.34. The van der Waals surface area contributed by atoms with Crippen molar-refractivity contribution in [2.75, 3.05) is 19.7 Å². The highest BCUT2D eigenvalue weighted by atomic mass is 35.5. The zero-order valence-electron chi connectivity index (χ0n) is 16.5. The molecule has 1 heterocycles. The Morgan fingerprint density at radius 1 is 1.30 bits per heavy atom. The molecular formula is C20H25Cl2N3O5. The van der Waals surface area contributed by atoms with Gasteiger partial charge < -0.3 is 20.5 Å². The Bertz CT molecular complexity index is 814. The summed E-state index contributed by atoms with van der Waals surface area (Å²) in [5.74, 6) is -0.113. The number of halogens is 2. The Kier molecular flexibility index (Phi) is 7.44. The first-order valence-electron chi connectivity index (χ1n) is 9.98. The van der Waals surface area contributed by atoms with Gasteiger partial charge in [-0.1, -0.05) is 42.1 Å². The van der Waals surface area contributed by atoms with Gasteiger partial charge in [-0.2, -0.15) is 0 Å². The average Bonchev–Trinajstić information content (AvgIpc) is 3.27. The summed E-state index contributed by atoms with van der Waals surface area (Å²) >= 11 is 11.9. The van der Waals surface area contributed by atoms with Gasteiger partial charge in [-0.3, -0.25) is 14.5 Å². The van der Waals surface area contributed by atoms with E-state index in [1.807, 2.05) is 0 Å². The molecule has 30 heavy (non-hydrogen) atoms. The van der Waals surface area contributed by atoms with Gasteiger partial charge in [0.15, 0.2) is 0 Å². The fourth-order valence-electron chi connectivity index (χ4n) is 3.75. The van der Waals surface area contributed by atoms with Crippen molar-refractivity contribution in [2.24, 2.45) is 0 Å². The van der Waals surface area contributed by atoms with Gasteiger partial charge in [0.05, 0.1) is 5.02 Å². The predicted octanol–water partition coefficient (Wildman–Crippen LogP) is 2.49. The van der Waals surface area contributed by atoms with Gasteiger partial charge in [0.25, 0.3) is 5.91 Å². The van der Waals surface area contributed by atoms with Crippen LogP contribution in [0.4, 0.5) is 4.79 Å². The highest BCUT2D eigenvalue weighted by molar-refractivity contribution is 6.42. The second-order valence-corrected chi connectivity index (χ2v) is 8.39. The van der Waals surface area contributed by atoms with Gasteiger partial charge in [-0.25, -0.2) is 4.79 Å². The van der Waals surface area contributed by atoms with Crippen LogP contribution in [0.15, 0.2) is 18.2 Å². The van der Waals surface area contributed by atoms with E-state index in [4.69, 9.17) is 27.9 Å². The van der Waals surface area contributed by atoms with Crippen LogP contribution in [0.25, 0.3) is 0 Å². The van der Waals surface area contributed by atoms with Gasteiger partial charge in [-0.05, 0) is 31.4 Å². The number of nitrogens with zero attached hydrogens (tertiary/aromatic N) is 1. The summed E-state index contributed by atoms with van der Waals surface area (Å²) in [6, 6.07) is 4.55. The van der Waals surface area contributed by atoms with Crippen molar-refractivity contribution in [1.82, 2.24) is 15.5 Å². The number of hydrogen-bond donors (Lipinski definition) is 3. The monoisotopic (exact) mass is 457 g/mol. The van der Waals surface area contributed by atoms with Crippen LogP contribution in [0, 0.1) is 0 Å². The number of carbonyl (C=O) groups is 3. The number of aliphatic hydroxyl groups excluding tert-OH is 1.